The van der Waals surface area contributed by atoms with Crippen molar-refractivity contribution in [2.24, 2.45) is 11.3 Å². The van der Waals surface area contributed by atoms with Crippen LogP contribution in [0.1, 0.15) is 57.0 Å². The monoisotopic (exact) mass is 269 g/mol. The normalized spacial score (nSPS) is 22.3. The average molecular weight is 269 g/mol. The number of H-pyrrole nitrogens is 1. The Balaban J connectivity index is 2.28. The molecule has 1 aromatic rings. The second-order valence-corrected chi connectivity index (χ2v) is 7.10. The van der Waals surface area contributed by atoms with Gasteiger partial charge in [0, 0.05) is 11.4 Å². The molecule has 1 aliphatic carbocycles. The van der Waals surface area contributed by atoms with Crippen LogP contribution in [0, 0.1) is 18.3 Å². The Hall–Kier alpha value is -1.50. The van der Waals surface area contributed by atoms with Gasteiger partial charge >= 0.3 is 0 Å². The molecule has 1 atom stereocenters. The number of hydrogen-bond acceptors (Lipinski definition) is 0. The zero-order valence-corrected chi connectivity index (χ0v) is 13.3. The Kier molecular flexibility index (Phi) is 4.08. The first-order chi connectivity index (χ1) is 9.31. The molecule has 1 heteroatoms. The fourth-order valence-corrected chi connectivity index (χ4v) is 2.96. The predicted molar refractivity (Wildman–Crippen MR) is 89.5 cm³/mol. The summed E-state index contributed by atoms with van der Waals surface area (Å²) in [4.78, 5) is 3.42. The molecule has 1 nitrogen and oxygen atoms in total. The standard InChI is InChI=1S/C19H27N/c1-7-17-10-14(3)18(20-17)12-15-11-16(19(4,5)6)9-8-13(15)2/h7,10,12,16,20H,1-2,8-9,11H2,3-6H3/b15-12-. The van der Waals surface area contributed by atoms with Crippen molar-refractivity contribution in [1.29, 1.82) is 0 Å². The molecule has 0 spiro atoms. The van der Waals surface area contributed by atoms with Gasteiger partial charge in [-0.15, -0.1) is 0 Å². The molecule has 0 bridgehead atoms. The zero-order valence-electron chi connectivity index (χ0n) is 13.3. The smallest absolute Gasteiger partial charge is 0.0417 e. The number of nitrogens with one attached hydrogen (secondary N) is 1. The van der Waals surface area contributed by atoms with E-state index in [9.17, 15) is 0 Å². The van der Waals surface area contributed by atoms with Crippen LogP contribution in [0.2, 0.25) is 0 Å². The van der Waals surface area contributed by atoms with E-state index < -0.39 is 0 Å². The topological polar surface area (TPSA) is 15.8 Å². The largest absolute Gasteiger partial charge is 0.355 e. The molecule has 1 aromatic heterocycles. The second kappa shape index (κ2) is 5.47. The number of aromatic nitrogens is 1. The molecule has 2 rings (SSSR count). The van der Waals surface area contributed by atoms with E-state index in [0.29, 0.717) is 5.41 Å². The maximum Gasteiger partial charge on any atom is 0.0417 e. The number of aryl methyl sites for hydroxylation is 1. The lowest BCUT2D eigenvalue weighted by molar-refractivity contribution is 0.216. The lowest BCUT2D eigenvalue weighted by Gasteiger charge is -2.36. The highest BCUT2D eigenvalue weighted by atomic mass is 14.7. The van der Waals surface area contributed by atoms with Crippen LogP contribution in [0.3, 0.4) is 0 Å². The highest BCUT2D eigenvalue weighted by Crippen LogP contribution is 2.42. The van der Waals surface area contributed by atoms with Crippen molar-refractivity contribution in [3.8, 4) is 0 Å². The highest BCUT2D eigenvalue weighted by Gasteiger charge is 2.29. The molecule has 1 heterocycles. The Bertz CT molecular complexity index is 549. The third-order valence-corrected chi connectivity index (χ3v) is 4.55. The summed E-state index contributed by atoms with van der Waals surface area (Å²) in [7, 11) is 0. The van der Waals surface area contributed by atoms with Gasteiger partial charge in [-0.05, 0) is 66.9 Å². The molecule has 0 aromatic carbocycles. The molecular weight excluding hydrogens is 242 g/mol. The molecule has 1 aliphatic rings. The summed E-state index contributed by atoms with van der Waals surface area (Å²) >= 11 is 0. The second-order valence-electron chi connectivity index (χ2n) is 7.10. The Labute approximate surface area is 123 Å². The first-order valence-corrected chi connectivity index (χ1v) is 7.52. The van der Waals surface area contributed by atoms with E-state index in [4.69, 9.17) is 0 Å². The molecule has 108 valence electrons. The van der Waals surface area contributed by atoms with Crippen LogP contribution in [-0.4, -0.2) is 4.98 Å². The minimum atomic E-state index is 0.372. The summed E-state index contributed by atoms with van der Waals surface area (Å²) in [5.41, 5.74) is 6.65. The van der Waals surface area contributed by atoms with Gasteiger partial charge in [0.15, 0.2) is 0 Å². The van der Waals surface area contributed by atoms with Crippen molar-refractivity contribution >= 4 is 12.2 Å². The van der Waals surface area contributed by atoms with Crippen molar-refractivity contribution < 1.29 is 0 Å². The average Bonchev–Trinajstić information content (AvgIpc) is 2.71. The van der Waals surface area contributed by atoms with Crippen LogP contribution in [-0.2, 0) is 0 Å². The number of hydrogen-bond donors (Lipinski definition) is 1. The van der Waals surface area contributed by atoms with Gasteiger partial charge in [0.2, 0.25) is 0 Å². The van der Waals surface area contributed by atoms with Crippen molar-refractivity contribution in [3.05, 3.63) is 47.3 Å². The third-order valence-electron chi connectivity index (χ3n) is 4.55. The van der Waals surface area contributed by atoms with Gasteiger partial charge in [-0.2, -0.15) is 0 Å². The van der Waals surface area contributed by atoms with Crippen LogP contribution in [0.4, 0.5) is 0 Å². The molecule has 0 radical (unpaired) electrons. The van der Waals surface area contributed by atoms with Crippen molar-refractivity contribution in [2.75, 3.05) is 0 Å². The Morgan fingerprint density at radius 2 is 2.05 bits per heavy atom. The summed E-state index contributed by atoms with van der Waals surface area (Å²) in [6, 6.07) is 2.15. The van der Waals surface area contributed by atoms with Gasteiger partial charge in [-0.25, -0.2) is 0 Å². The summed E-state index contributed by atoms with van der Waals surface area (Å²) in [6.07, 6.45) is 7.69. The fourth-order valence-electron chi connectivity index (χ4n) is 2.96. The van der Waals surface area contributed by atoms with Gasteiger partial charge in [-0.1, -0.05) is 39.5 Å². The van der Waals surface area contributed by atoms with Crippen molar-refractivity contribution in [1.82, 2.24) is 4.98 Å². The Morgan fingerprint density at radius 3 is 2.60 bits per heavy atom. The molecule has 0 aliphatic heterocycles. The van der Waals surface area contributed by atoms with E-state index in [1.807, 2.05) is 6.08 Å². The van der Waals surface area contributed by atoms with Gasteiger partial charge in [0.05, 0.1) is 0 Å². The summed E-state index contributed by atoms with van der Waals surface area (Å²) in [6.45, 7) is 17.3. The lowest BCUT2D eigenvalue weighted by Crippen LogP contribution is -2.24. The molecule has 0 saturated heterocycles. The van der Waals surface area contributed by atoms with Crippen LogP contribution < -0.4 is 0 Å². The molecule has 1 unspecified atom stereocenters. The van der Waals surface area contributed by atoms with E-state index in [-0.39, 0.29) is 0 Å². The van der Waals surface area contributed by atoms with Gasteiger partial charge in [0.25, 0.3) is 0 Å². The molecule has 1 N–H and O–H groups in total. The van der Waals surface area contributed by atoms with E-state index >= 15 is 0 Å². The van der Waals surface area contributed by atoms with Crippen LogP contribution >= 0.6 is 0 Å². The van der Waals surface area contributed by atoms with E-state index in [2.05, 4.69) is 58.0 Å². The molecule has 0 amide bonds. The predicted octanol–water partition coefficient (Wildman–Crippen LogP) is 5.75. The molecule has 20 heavy (non-hydrogen) atoms. The molecule has 1 fully saturated rings. The van der Waals surface area contributed by atoms with Crippen LogP contribution in [0.5, 0.6) is 0 Å². The summed E-state index contributed by atoms with van der Waals surface area (Å²) < 4.78 is 0. The van der Waals surface area contributed by atoms with Crippen molar-refractivity contribution in [2.45, 2.75) is 47.0 Å². The number of rotatable bonds is 2. The summed E-state index contributed by atoms with van der Waals surface area (Å²) in [5.74, 6) is 0.744. The van der Waals surface area contributed by atoms with E-state index in [0.717, 1.165) is 24.5 Å². The van der Waals surface area contributed by atoms with Crippen LogP contribution in [0.15, 0.2) is 30.4 Å². The van der Waals surface area contributed by atoms with Gasteiger partial charge in [0.1, 0.15) is 0 Å². The third kappa shape index (κ3) is 3.15. The first kappa shape index (κ1) is 14.9. The number of allylic oxidation sites excluding steroid dienone is 2. The number of aromatic amines is 1. The van der Waals surface area contributed by atoms with E-state index in [1.54, 1.807) is 0 Å². The zero-order chi connectivity index (χ0) is 14.9. The summed E-state index contributed by atoms with van der Waals surface area (Å²) in [5, 5.41) is 0. The quantitative estimate of drug-likeness (QED) is 0.703. The highest BCUT2D eigenvalue weighted by molar-refractivity contribution is 5.61. The minimum Gasteiger partial charge on any atom is -0.355 e. The molecular formula is C19H27N. The van der Waals surface area contributed by atoms with Crippen molar-refractivity contribution in [3.63, 3.8) is 0 Å². The SMILES string of the molecule is C=Cc1cc(C)c(/C=C2/CC(C(C)(C)C)CCC2=C)[nH]1. The Morgan fingerprint density at radius 1 is 1.35 bits per heavy atom. The minimum absolute atomic E-state index is 0.372. The van der Waals surface area contributed by atoms with Crippen LogP contribution in [0.25, 0.3) is 12.2 Å². The maximum atomic E-state index is 4.26. The van der Waals surface area contributed by atoms with Gasteiger partial charge < -0.3 is 4.98 Å². The van der Waals surface area contributed by atoms with E-state index in [1.165, 1.54) is 28.8 Å². The first-order valence-electron chi connectivity index (χ1n) is 7.52. The maximum absolute atomic E-state index is 4.26. The van der Waals surface area contributed by atoms with Gasteiger partial charge in [-0.3, -0.25) is 0 Å². The fraction of sp³-hybridized carbons (Fsp3) is 0.474. The molecule has 1 saturated carbocycles. The lowest BCUT2D eigenvalue weighted by atomic mass is 9.69.